The fraction of sp³-hybridized carbons (Fsp3) is 0.800. The number of likely N-dealkylation sites (tertiary alicyclic amines) is 1. The Bertz CT molecular complexity index is 299. The lowest BCUT2D eigenvalue weighted by atomic mass is 10.1. The summed E-state index contributed by atoms with van der Waals surface area (Å²) in [6.07, 6.45) is 2.97. The van der Waals surface area contributed by atoms with Crippen molar-refractivity contribution in [2.75, 3.05) is 13.1 Å². The maximum absolute atomic E-state index is 12.1. The number of nitrogens with two attached hydrogens (primary N) is 1. The summed E-state index contributed by atoms with van der Waals surface area (Å²) in [5.41, 5.74) is 5.15. The van der Waals surface area contributed by atoms with E-state index in [4.69, 9.17) is 10.8 Å². The summed E-state index contributed by atoms with van der Waals surface area (Å²) in [4.78, 5) is 24.5. The van der Waals surface area contributed by atoms with E-state index in [0.29, 0.717) is 19.5 Å². The highest BCUT2D eigenvalue weighted by atomic mass is 16.4. The van der Waals surface area contributed by atoms with Crippen LogP contribution < -0.4 is 5.73 Å². The molecule has 84 valence electrons. The van der Waals surface area contributed by atoms with E-state index in [9.17, 15) is 9.59 Å². The first-order chi connectivity index (χ1) is 7.10. The van der Waals surface area contributed by atoms with Gasteiger partial charge in [-0.3, -0.25) is 4.79 Å². The van der Waals surface area contributed by atoms with E-state index in [1.54, 1.807) is 0 Å². The Morgan fingerprint density at radius 1 is 1.47 bits per heavy atom. The average Bonchev–Trinajstić information content (AvgIpc) is 2.86. The van der Waals surface area contributed by atoms with E-state index in [-0.39, 0.29) is 5.91 Å². The Hall–Kier alpha value is -1.10. The molecule has 1 amide bonds. The molecule has 2 fully saturated rings. The molecule has 1 unspecified atom stereocenters. The van der Waals surface area contributed by atoms with Crippen molar-refractivity contribution in [1.82, 2.24) is 4.90 Å². The van der Waals surface area contributed by atoms with Crippen molar-refractivity contribution in [3.8, 4) is 0 Å². The fourth-order valence-corrected chi connectivity index (χ4v) is 2.23. The highest BCUT2D eigenvalue weighted by molar-refractivity contribution is 5.90. The van der Waals surface area contributed by atoms with Crippen LogP contribution >= 0.6 is 0 Å². The van der Waals surface area contributed by atoms with Gasteiger partial charge in [-0.15, -0.1) is 0 Å². The zero-order chi connectivity index (χ0) is 11.1. The number of amides is 1. The van der Waals surface area contributed by atoms with Crippen molar-refractivity contribution in [1.29, 1.82) is 0 Å². The van der Waals surface area contributed by atoms with Gasteiger partial charge in [0.15, 0.2) is 0 Å². The molecule has 1 saturated carbocycles. The molecule has 0 aromatic rings. The second kappa shape index (κ2) is 3.48. The minimum atomic E-state index is -0.895. The van der Waals surface area contributed by atoms with Crippen molar-refractivity contribution in [3.05, 3.63) is 0 Å². The molecule has 5 heteroatoms. The van der Waals surface area contributed by atoms with Crippen molar-refractivity contribution in [2.24, 2.45) is 11.1 Å². The Kier molecular flexibility index (Phi) is 2.42. The number of carbonyl (C=O) groups excluding carboxylic acids is 1. The van der Waals surface area contributed by atoms with Crippen LogP contribution in [-0.4, -0.2) is 41.0 Å². The zero-order valence-corrected chi connectivity index (χ0v) is 8.61. The Labute approximate surface area is 88.2 Å². The molecule has 1 saturated heterocycles. The summed E-state index contributed by atoms with van der Waals surface area (Å²) in [5.74, 6) is -0.941. The molecule has 3 N–H and O–H groups in total. The van der Waals surface area contributed by atoms with Crippen LogP contribution in [-0.2, 0) is 9.59 Å². The SMILES string of the molecule is NCC1(C(=O)N2CCCC2C(=O)O)CC1. The highest BCUT2D eigenvalue weighted by Crippen LogP contribution is 2.47. The summed E-state index contributed by atoms with van der Waals surface area (Å²) in [7, 11) is 0. The number of carbonyl (C=O) groups is 2. The van der Waals surface area contributed by atoms with Gasteiger partial charge >= 0.3 is 5.97 Å². The first-order valence-corrected chi connectivity index (χ1v) is 5.35. The molecular formula is C10H16N2O3. The Balaban J connectivity index is 2.10. The van der Waals surface area contributed by atoms with Crippen LogP contribution in [0.15, 0.2) is 0 Å². The number of carboxylic acid groups (broad SMARTS) is 1. The van der Waals surface area contributed by atoms with Crippen molar-refractivity contribution in [2.45, 2.75) is 31.7 Å². The molecule has 5 nitrogen and oxygen atoms in total. The molecule has 0 radical (unpaired) electrons. The second-order valence-corrected chi connectivity index (χ2v) is 4.48. The lowest BCUT2D eigenvalue weighted by Crippen LogP contribution is -2.46. The third kappa shape index (κ3) is 1.61. The van der Waals surface area contributed by atoms with Gasteiger partial charge in [-0.05, 0) is 25.7 Å². The predicted octanol–water partition coefficient (Wildman–Crippen LogP) is -0.199. The summed E-state index contributed by atoms with van der Waals surface area (Å²) < 4.78 is 0. The van der Waals surface area contributed by atoms with Gasteiger partial charge in [-0.1, -0.05) is 0 Å². The fourth-order valence-electron chi connectivity index (χ4n) is 2.23. The van der Waals surface area contributed by atoms with Crippen LogP contribution in [0.4, 0.5) is 0 Å². The van der Waals surface area contributed by atoms with E-state index < -0.39 is 17.4 Å². The van der Waals surface area contributed by atoms with E-state index in [0.717, 1.165) is 19.3 Å². The van der Waals surface area contributed by atoms with Gasteiger partial charge in [0, 0.05) is 13.1 Å². The van der Waals surface area contributed by atoms with E-state index in [1.807, 2.05) is 0 Å². The van der Waals surface area contributed by atoms with Gasteiger partial charge in [0.25, 0.3) is 0 Å². The van der Waals surface area contributed by atoms with Gasteiger partial charge in [-0.2, -0.15) is 0 Å². The van der Waals surface area contributed by atoms with E-state index in [1.165, 1.54) is 4.90 Å². The summed E-state index contributed by atoms with van der Waals surface area (Å²) in [6, 6.07) is -0.624. The molecule has 1 aliphatic heterocycles. The molecule has 1 aliphatic carbocycles. The number of nitrogens with zero attached hydrogens (tertiary/aromatic N) is 1. The Morgan fingerprint density at radius 3 is 2.60 bits per heavy atom. The predicted molar refractivity (Wildman–Crippen MR) is 53.1 cm³/mol. The van der Waals surface area contributed by atoms with Gasteiger partial charge in [0.2, 0.25) is 5.91 Å². The number of hydrogen-bond donors (Lipinski definition) is 2. The molecule has 0 aromatic heterocycles. The lowest BCUT2D eigenvalue weighted by molar-refractivity contribution is -0.150. The number of hydrogen-bond acceptors (Lipinski definition) is 3. The monoisotopic (exact) mass is 212 g/mol. The topological polar surface area (TPSA) is 83.6 Å². The van der Waals surface area contributed by atoms with Crippen LogP contribution in [0.25, 0.3) is 0 Å². The van der Waals surface area contributed by atoms with Crippen LogP contribution in [0.5, 0.6) is 0 Å². The second-order valence-electron chi connectivity index (χ2n) is 4.48. The molecule has 2 aliphatic rings. The number of aliphatic carboxylic acids is 1. The van der Waals surface area contributed by atoms with Crippen LogP contribution in [0, 0.1) is 5.41 Å². The molecule has 1 heterocycles. The molecule has 2 rings (SSSR count). The molecule has 0 bridgehead atoms. The van der Waals surface area contributed by atoms with Gasteiger partial charge in [0.05, 0.1) is 5.41 Å². The average molecular weight is 212 g/mol. The van der Waals surface area contributed by atoms with Gasteiger partial charge < -0.3 is 15.7 Å². The molecule has 15 heavy (non-hydrogen) atoms. The highest BCUT2D eigenvalue weighted by Gasteiger charge is 2.52. The maximum atomic E-state index is 12.1. The lowest BCUT2D eigenvalue weighted by Gasteiger charge is -2.25. The summed E-state index contributed by atoms with van der Waals surface area (Å²) >= 11 is 0. The van der Waals surface area contributed by atoms with Crippen LogP contribution in [0.3, 0.4) is 0 Å². The minimum absolute atomic E-state index is 0.0464. The first-order valence-electron chi connectivity index (χ1n) is 5.35. The van der Waals surface area contributed by atoms with Crippen molar-refractivity contribution in [3.63, 3.8) is 0 Å². The smallest absolute Gasteiger partial charge is 0.326 e. The maximum Gasteiger partial charge on any atom is 0.326 e. The van der Waals surface area contributed by atoms with Crippen LogP contribution in [0.2, 0.25) is 0 Å². The number of carboxylic acids is 1. The number of rotatable bonds is 3. The van der Waals surface area contributed by atoms with E-state index >= 15 is 0 Å². The largest absolute Gasteiger partial charge is 0.480 e. The first kappa shape index (κ1) is 10.4. The normalized spacial score (nSPS) is 27.8. The summed E-state index contributed by atoms with van der Waals surface area (Å²) in [6.45, 7) is 0.909. The molecular weight excluding hydrogens is 196 g/mol. The van der Waals surface area contributed by atoms with Gasteiger partial charge in [0.1, 0.15) is 6.04 Å². The van der Waals surface area contributed by atoms with Crippen LogP contribution in [0.1, 0.15) is 25.7 Å². The third-order valence-electron chi connectivity index (χ3n) is 3.50. The molecule has 1 atom stereocenters. The minimum Gasteiger partial charge on any atom is -0.480 e. The molecule has 0 aromatic carbocycles. The van der Waals surface area contributed by atoms with Crippen molar-refractivity contribution < 1.29 is 14.7 Å². The standard InChI is InChI=1S/C10H16N2O3/c11-6-10(3-4-10)9(15)12-5-1-2-7(12)8(13)14/h7H,1-6,11H2,(H,13,14). The third-order valence-corrected chi connectivity index (χ3v) is 3.50. The zero-order valence-electron chi connectivity index (χ0n) is 8.61. The van der Waals surface area contributed by atoms with E-state index in [2.05, 4.69) is 0 Å². The van der Waals surface area contributed by atoms with Crippen molar-refractivity contribution >= 4 is 11.9 Å². The quantitative estimate of drug-likeness (QED) is 0.678. The molecule has 0 spiro atoms. The van der Waals surface area contributed by atoms with Gasteiger partial charge in [-0.25, -0.2) is 4.79 Å². The summed E-state index contributed by atoms with van der Waals surface area (Å²) in [5, 5.41) is 8.97. The Morgan fingerprint density at radius 2 is 2.13 bits per heavy atom.